The number of anilines is 5. The Morgan fingerprint density at radius 3 is 1.15 bits per heavy atom. The number of hydrogen-bond acceptors (Lipinski definition) is 24. The van der Waals surface area contributed by atoms with Gasteiger partial charge in [-0.1, -0.05) is 71.8 Å². The molecular weight excluding hydrogens is 1730 g/mol. The van der Waals surface area contributed by atoms with E-state index in [4.69, 9.17) is 19.9 Å². The highest BCUT2D eigenvalue weighted by Crippen LogP contribution is 2.35. The lowest BCUT2D eigenvalue weighted by Gasteiger charge is -2.29. The molecule has 11 N–H and O–H groups in total. The number of fused-ring (bicyclic) bond motifs is 4. The predicted molar refractivity (Wildman–Crippen MR) is 514 cm³/mol. The summed E-state index contributed by atoms with van der Waals surface area (Å²) in [6.45, 7) is 11.4. The third kappa shape index (κ3) is 22.7. The number of pyridine rings is 8. The van der Waals surface area contributed by atoms with Gasteiger partial charge in [-0.2, -0.15) is 20.4 Å². The van der Waals surface area contributed by atoms with Crippen molar-refractivity contribution in [3.63, 3.8) is 0 Å². The number of ether oxygens (including phenoxy) is 3. The normalized spacial score (nSPS) is 13.9. The number of nitrogens with one attached hydrogen (secondary N) is 8. The van der Waals surface area contributed by atoms with E-state index < -0.39 is 5.92 Å². The quantitative estimate of drug-likeness (QED) is 0.0301. The largest absolute Gasteiger partial charge is 0.439 e. The van der Waals surface area contributed by atoms with Gasteiger partial charge in [-0.3, -0.25) is 74.2 Å². The minimum Gasteiger partial charge on any atom is -0.439 e. The predicted octanol–water partition coefficient (Wildman–Crippen LogP) is 17.5. The molecule has 0 aliphatic carbocycles. The molecule has 682 valence electrons. The highest BCUT2D eigenvalue weighted by atomic mass is 19.3. The van der Waals surface area contributed by atoms with E-state index in [-0.39, 0.29) is 54.1 Å². The number of nitrogens with two attached hydrogens (primary N) is 1. The first-order valence-electron chi connectivity index (χ1n) is 44.0. The number of halogens is 2. The molecule has 3 fully saturated rings. The molecule has 3 aliphatic heterocycles. The van der Waals surface area contributed by atoms with Crippen LogP contribution in [0, 0.1) is 13.8 Å². The molecule has 34 heteroatoms. The van der Waals surface area contributed by atoms with Gasteiger partial charge >= 0.3 is 0 Å². The number of nitrogens with zero attached hydrogens (tertiary/aromatic N) is 15. The Balaban J connectivity index is 0.000000121. The number of nitrogen functional groups attached to an aromatic ring is 1. The SMILES string of the molecule is Cc1ccc(Oc2ccc(NC(=O)c3n[nH]c4ccc(-c5cncc(CN6CCC(F)(F)C6)c5)cc34)cn2)cc1.Cc1ccc(Oc2ccc(NC(=O)c3n[nH]c4ccc(-c5cncc(N)c5)cc34)cn2)cc1.O=C(Nc1ccccn1)c1n[nH]c2ccc(-c3cncc(CN4CCC(O)CC4)c3)cc12.O=C(Nc1ccccn1)c1n[nH]c2ccc(-c3cncc(CN4CCOCC4)c3)cc12. The van der Waals surface area contributed by atoms with Crippen molar-refractivity contribution in [2.75, 3.05) is 79.5 Å². The van der Waals surface area contributed by atoms with Gasteiger partial charge in [-0.25, -0.2) is 28.7 Å². The number of piperidine rings is 1. The van der Waals surface area contributed by atoms with Crippen LogP contribution in [0.1, 0.15) is 89.0 Å². The molecule has 0 spiro atoms. The van der Waals surface area contributed by atoms with E-state index in [2.05, 4.69) is 124 Å². The second kappa shape index (κ2) is 41.4. The zero-order chi connectivity index (χ0) is 93.4. The van der Waals surface area contributed by atoms with Crippen LogP contribution in [0.2, 0.25) is 0 Å². The van der Waals surface area contributed by atoms with Crippen LogP contribution >= 0.6 is 0 Å². The highest BCUT2D eigenvalue weighted by molar-refractivity contribution is 6.14. The van der Waals surface area contributed by atoms with Gasteiger partial charge in [0.15, 0.2) is 22.8 Å². The Morgan fingerprint density at radius 1 is 0.412 bits per heavy atom. The van der Waals surface area contributed by atoms with Gasteiger partial charge in [0.1, 0.15) is 23.1 Å². The molecule has 4 amide bonds. The highest BCUT2D eigenvalue weighted by Gasteiger charge is 2.38. The number of alkyl halides is 2. The van der Waals surface area contributed by atoms with Gasteiger partial charge in [0, 0.05) is 177 Å². The zero-order valence-electron chi connectivity index (χ0n) is 73.9. The Morgan fingerprint density at radius 2 is 0.787 bits per heavy atom. The third-order valence-corrected chi connectivity index (χ3v) is 23.0. The molecule has 0 bridgehead atoms. The van der Waals surface area contributed by atoms with Crippen molar-refractivity contribution in [1.29, 1.82) is 0 Å². The summed E-state index contributed by atoms with van der Waals surface area (Å²) < 4.78 is 44.1. The Bertz CT molecular complexity index is 7260. The minimum atomic E-state index is -2.64. The molecule has 0 radical (unpaired) electrons. The van der Waals surface area contributed by atoms with Crippen LogP contribution in [0.15, 0.2) is 281 Å². The molecule has 12 aromatic heterocycles. The first-order valence-corrected chi connectivity index (χ1v) is 44.0. The first-order chi connectivity index (χ1) is 66.3. The lowest BCUT2D eigenvalue weighted by molar-refractivity contribution is 0.0114. The standard InChI is InChI=1S/C30H26F2N6O2.C25H20N6O2.C24H24N6O2.C23H22N6O2/c1-19-2-6-24(7-3-19)40-27-9-5-23(16-34-27)35-29(39)28-25-13-21(4-8-26(25)36-37-28)22-12-20(14-33-15-22)17-38-11-10-30(31,32)18-38;1-15-2-6-20(7-3-15)33-23-9-5-19(14-28-23)29-25(32)24-21-11-16(4-8-22(21)30-31-24)17-10-18(26)13-27-12-17;31-19-6-9-30(10-7-19)15-16-11-18(14-25-13-16)17-4-5-21-20(12-17)23(29-28-21)24(32)27-22-3-1-2-8-26-22;30-23(26-21-3-1-2-6-25-21)22-19-12-17(4-5-20(19)27-28-22)18-11-16(13-24-14-18)15-29-7-9-31-10-8-29/h2-9,12-16H,10-11,17-18H2,1H3,(H,35,39)(H,36,37);2-14H,26H2,1H3,(H,29,32)(H,30,31);1-5,8,11-14,19,31H,6-7,9-10,15H2,(H,28,29)(H,26,27,32);1-6,11-14H,7-10,15H2,(H,27,28)(H,25,26,30). The molecule has 136 heavy (non-hydrogen) atoms. The Labute approximate surface area is 777 Å². The van der Waals surface area contributed by atoms with Crippen molar-refractivity contribution < 1.29 is 47.3 Å². The van der Waals surface area contributed by atoms with Crippen LogP contribution in [0.4, 0.5) is 37.5 Å². The average Bonchev–Trinajstić information content (AvgIpc) is 1.61. The van der Waals surface area contributed by atoms with E-state index >= 15 is 0 Å². The summed E-state index contributed by atoms with van der Waals surface area (Å²) in [5.41, 5.74) is 24.4. The molecule has 18 aromatic rings. The first kappa shape index (κ1) is 89.9. The second-order valence-electron chi connectivity index (χ2n) is 33.1. The number of aromatic amines is 4. The smallest absolute Gasteiger partial charge is 0.277 e. The number of rotatable bonds is 22. The molecule has 0 unspecified atom stereocenters. The molecule has 6 aromatic carbocycles. The van der Waals surface area contributed by atoms with E-state index in [0.717, 1.165) is 165 Å². The third-order valence-electron chi connectivity index (χ3n) is 23.0. The fourth-order valence-electron chi connectivity index (χ4n) is 15.9. The monoisotopic (exact) mass is 1820 g/mol. The second-order valence-corrected chi connectivity index (χ2v) is 33.1. The van der Waals surface area contributed by atoms with E-state index in [0.29, 0.717) is 92.7 Å². The number of aryl methyl sites for hydroxylation is 2. The molecule has 21 rings (SSSR count). The number of amides is 4. The number of hydrogen-bond donors (Lipinski definition) is 10. The van der Waals surface area contributed by atoms with Crippen LogP contribution in [-0.2, 0) is 24.4 Å². The number of aliphatic hydroxyl groups is 1. The topological polar surface area (TPSA) is 418 Å². The fourth-order valence-corrected chi connectivity index (χ4v) is 15.9. The van der Waals surface area contributed by atoms with E-state index in [9.17, 15) is 33.1 Å². The maximum atomic E-state index is 13.6. The van der Waals surface area contributed by atoms with Crippen LogP contribution in [-0.4, -0.2) is 189 Å². The van der Waals surface area contributed by atoms with Crippen molar-refractivity contribution in [2.24, 2.45) is 0 Å². The van der Waals surface area contributed by atoms with Gasteiger partial charge in [-0.05, 0) is 199 Å². The molecule has 3 saturated heterocycles. The van der Waals surface area contributed by atoms with Crippen molar-refractivity contribution in [2.45, 2.75) is 64.8 Å². The number of carbonyl (C=O) groups is 4. The number of likely N-dealkylation sites (tertiary alicyclic amines) is 2. The molecule has 0 saturated carbocycles. The molecule has 0 atom stereocenters. The summed E-state index contributed by atoms with van der Waals surface area (Å²) in [5.74, 6) is -0.821. The lowest BCUT2D eigenvalue weighted by atomic mass is 10.0. The van der Waals surface area contributed by atoms with Crippen molar-refractivity contribution in [3.05, 3.63) is 331 Å². The zero-order valence-corrected chi connectivity index (χ0v) is 73.9. The number of morpholine rings is 1. The average molecular weight is 1820 g/mol. The maximum absolute atomic E-state index is 13.6. The molecule has 32 nitrogen and oxygen atoms in total. The molecule has 15 heterocycles. The summed E-state index contributed by atoms with van der Waals surface area (Å²) >= 11 is 0. The maximum Gasteiger partial charge on any atom is 0.277 e. The van der Waals surface area contributed by atoms with Gasteiger partial charge in [0.2, 0.25) is 11.8 Å². The van der Waals surface area contributed by atoms with Gasteiger partial charge in [0.25, 0.3) is 29.6 Å². The van der Waals surface area contributed by atoms with E-state index in [1.807, 2.05) is 184 Å². The summed E-state index contributed by atoms with van der Waals surface area (Å²) in [7, 11) is 0. The van der Waals surface area contributed by atoms with Crippen LogP contribution in [0.5, 0.6) is 23.3 Å². The number of aliphatic hydroxyl groups excluding tert-OH is 1. The summed E-state index contributed by atoms with van der Waals surface area (Å²) in [6, 6.07) is 64.0. The van der Waals surface area contributed by atoms with E-state index in [1.165, 1.54) is 6.20 Å². The minimum absolute atomic E-state index is 0.121. The van der Waals surface area contributed by atoms with Gasteiger partial charge in [-0.15, -0.1) is 0 Å². The van der Waals surface area contributed by atoms with Gasteiger partial charge < -0.3 is 46.3 Å². The van der Waals surface area contributed by atoms with Crippen molar-refractivity contribution in [1.82, 2.24) is 95.4 Å². The van der Waals surface area contributed by atoms with Crippen LogP contribution in [0.3, 0.4) is 0 Å². The van der Waals surface area contributed by atoms with Crippen molar-refractivity contribution >= 4 is 95.9 Å². The van der Waals surface area contributed by atoms with Gasteiger partial charge in [0.05, 0.1) is 77.4 Å². The van der Waals surface area contributed by atoms with Crippen LogP contribution in [0.25, 0.3) is 88.1 Å². The Hall–Kier alpha value is -16.7. The van der Waals surface area contributed by atoms with E-state index in [1.54, 1.807) is 96.8 Å². The molecule has 3 aliphatic rings. The summed E-state index contributed by atoms with van der Waals surface area (Å²) in [4.78, 5) is 92.1. The number of H-pyrrole nitrogens is 4. The number of aromatic nitrogens is 16. The van der Waals surface area contributed by atoms with Crippen LogP contribution < -0.4 is 36.5 Å². The Kier molecular flexibility index (Phi) is 27.4. The van der Waals surface area contributed by atoms with Crippen molar-refractivity contribution in [3.8, 4) is 67.8 Å². The molecular formula is C102H92F2N24O8. The summed E-state index contributed by atoms with van der Waals surface area (Å²) in [6.07, 6.45) is 21.8. The number of benzene rings is 6. The lowest BCUT2D eigenvalue weighted by Crippen LogP contribution is -2.35. The fraction of sp³-hybridized carbons (Fsp3) is 0.176. The summed E-state index contributed by atoms with van der Waals surface area (Å²) in [5, 5.41) is 52.3. The number of carbonyl (C=O) groups excluding carboxylic acids is 4.